The summed E-state index contributed by atoms with van der Waals surface area (Å²) >= 11 is 0. The van der Waals surface area contributed by atoms with Crippen LogP contribution in [-0.4, -0.2) is 10.5 Å². The quantitative estimate of drug-likeness (QED) is 0.865. The number of hydrogen-bond donors (Lipinski definition) is 1. The second kappa shape index (κ2) is 6.48. The van der Waals surface area contributed by atoms with Crippen molar-refractivity contribution in [3.8, 4) is 0 Å². The van der Waals surface area contributed by atoms with E-state index in [0.717, 1.165) is 37.3 Å². The number of nitrogens with zero attached hydrogens (tertiary/aromatic N) is 1. The number of rotatable bonds is 5. The van der Waals surface area contributed by atoms with E-state index >= 15 is 0 Å². The van der Waals surface area contributed by atoms with Gasteiger partial charge in [-0.1, -0.05) is 40.2 Å². The van der Waals surface area contributed by atoms with E-state index in [-0.39, 0.29) is 5.54 Å². The largest absolute Gasteiger partial charge is 0.325 e. The first-order valence-electron chi connectivity index (χ1n) is 8.61. The third-order valence-electron chi connectivity index (χ3n) is 5.83. The van der Waals surface area contributed by atoms with Crippen LogP contribution in [0.5, 0.6) is 0 Å². The molecule has 1 fully saturated rings. The number of pyridine rings is 1. The minimum absolute atomic E-state index is 0.0406. The summed E-state index contributed by atoms with van der Waals surface area (Å²) in [5.41, 5.74) is 9.55. The van der Waals surface area contributed by atoms with Crippen LogP contribution < -0.4 is 5.73 Å². The molecule has 1 aliphatic rings. The molecule has 1 saturated carbocycles. The molecular weight excluding hydrogens is 256 g/mol. The minimum Gasteiger partial charge on any atom is -0.325 e. The molecule has 0 bridgehead atoms. The Kier molecular flexibility index (Phi) is 5.08. The van der Waals surface area contributed by atoms with Gasteiger partial charge in [0.2, 0.25) is 0 Å². The Bertz CT molecular complexity index is 439. The fourth-order valence-electron chi connectivity index (χ4n) is 3.57. The molecule has 0 radical (unpaired) electrons. The highest BCUT2D eigenvalue weighted by atomic mass is 14.8. The van der Waals surface area contributed by atoms with E-state index in [0.29, 0.717) is 5.41 Å². The highest BCUT2D eigenvalue weighted by molar-refractivity contribution is 5.16. The Labute approximate surface area is 130 Å². The van der Waals surface area contributed by atoms with Crippen LogP contribution in [0.4, 0.5) is 0 Å². The molecule has 2 rings (SSSR count). The van der Waals surface area contributed by atoms with Gasteiger partial charge in [0.15, 0.2) is 0 Å². The zero-order valence-electron chi connectivity index (χ0n) is 14.3. The molecule has 1 aliphatic carbocycles. The SMILES string of the molecule is CCc1ccc(CC2(N)CCC(C(C)(C)CC)CC2)nc1. The normalized spacial score (nSPS) is 26.8. The average molecular weight is 288 g/mol. The van der Waals surface area contributed by atoms with Gasteiger partial charge in [-0.05, 0) is 55.1 Å². The molecule has 1 aromatic heterocycles. The zero-order chi connectivity index (χ0) is 15.5. The highest BCUT2D eigenvalue weighted by Gasteiger charge is 2.37. The first kappa shape index (κ1) is 16.5. The zero-order valence-corrected chi connectivity index (χ0v) is 14.3. The molecule has 0 unspecified atom stereocenters. The summed E-state index contributed by atoms with van der Waals surface area (Å²) < 4.78 is 0. The van der Waals surface area contributed by atoms with Gasteiger partial charge in [-0.15, -0.1) is 0 Å². The van der Waals surface area contributed by atoms with Gasteiger partial charge in [0.05, 0.1) is 0 Å². The standard InChI is InChI=1S/C19H32N2/c1-5-15-7-8-17(21-14-15)13-19(20)11-9-16(10-12-19)18(3,4)6-2/h7-8,14,16H,5-6,9-13,20H2,1-4H3. The summed E-state index contributed by atoms with van der Waals surface area (Å²) in [6, 6.07) is 4.35. The summed E-state index contributed by atoms with van der Waals surface area (Å²) in [4.78, 5) is 4.59. The average Bonchev–Trinajstić information content (AvgIpc) is 2.48. The van der Waals surface area contributed by atoms with E-state index in [9.17, 15) is 0 Å². The van der Waals surface area contributed by atoms with Crippen LogP contribution in [-0.2, 0) is 12.8 Å². The van der Waals surface area contributed by atoms with Gasteiger partial charge in [0, 0.05) is 23.9 Å². The Morgan fingerprint density at radius 1 is 1.24 bits per heavy atom. The van der Waals surface area contributed by atoms with Crippen molar-refractivity contribution in [1.82, 2.24) is 4.98 Å². The van der Waals surface area contributed by atoms with Gasteiger partial charge < -0.3 is 5.73 Å². The number of hydrogen-bond acceptors (Lipinski definition) is 2. The fraction of sp³-hybridized carbons (Fsp3) is 0.737. The van der Waals surface area contributed by atoms with Crippen LogP contribution in [0.1, 0.15) is 71.1 Å². The number of nitrogens with two attached hydrogens (primary N) is 1. The smallest absolute Gasteiger partial charge is 0.0422 e. The van der Waals surface area contributed by atoms with Crippen LogP contribution in [0.25, 0.3) is 0 Å². The molecule has 2 N–H and O–H groups in total. The monoisotopic (exact) mass is 288 g/mol. The Balaban J connectivity index is 1.95. The molecule has 0 saturated heterocycles. The van der Waals surface area contributed by atoms with Crippen molar-refractivity contribution >= 4 is 0 Å². The molecule has 0 aliphatic heterocycles. The van der Waals surface area contributed by atoms with Gasteiger partial charge in [-0.3, -0.25) is 4.98 Å². The number of aromatic nitrogens is 1. The maximum absolute atomic E-state index is 6.67. The van der Waals surface area contributed by atoms with Gasteiger partial charge in [0.1, 0.15) is 0 Å². The van der Waals surface area contributed by atoms with Crippen LogP contribution in [0.15, 0.2) is 18.3 Å². The van der Waals surface area contributed by atoms with Crippen molar-refractivity contribution < 1.29 is 0 Å². The topological polar surface area (TPSA) is 38.9 Å². The molecule has 1 aromatic rings. The van der Waals surface area contributed by atoms with E-state index in [4.69, 9.17) is 5.73 Å². The summed E-state index contributed by atoms with van der Waals surface area (Å²) in [6.45, 7) is 9.29. The molecule has 2 heteroatoms. The van der Waals surface area contributed by atoms with Crippen LogP contribution >= 0.6 is 0 Å². The Morgan fingerprint density at radius 2 is 1.90 bits per heavy atom. The minimum atomic E-state index is -0.0406. The lowest BCUT2D eigenvalue weighted by Gasteiger charge is -2.43. The molecule has 0 aromatic carbocycles. The van der Waals surface area contributed by atoms with Crippen molar-refractivity contribution in [2.45, 2.75) is 78.2 Å². The lowest BCUT2D eigenvalue weighted by Crippen LogP contribution is -2.47. The van der Waals surface area contributed by atoms with Crippen molar-refractivity contribution in [1.29, 1.82) is 0 Å². The second-order valence-electron chi connectivity index (χ2n) is 7.67. The van der Waals surface area contributed by atoms with Gasteiger partial charge in [-0.25, -0.2) is 0 Å². The van der Waals surface area contributed by atoms with Crippen molar-refractivity contribution in [2.24, 2.45) is 17.1 Å². The van der Waals surface area contributed by atoms with Crippen molar-refractivity contribution in [3.63, 3.8) is 0 Å². The van der Waals surface area contributed by atoms with E-state index in [1.54, 1.807) is 0 Å². The van der Waals surface area contributed by atoms with Crippen LogP contribution in [0, 0.1) is 11.3 Å². The molecule has 2 nitrogen and oxygen atoms in total. The third-order valence-corrected chi connectivity index (χ3v) is 5.83. The lowest BCUT2D eigenvalue weighted by atomic mass is 9.65. The molecule has 0 spiro atoms. The van der Waals surface area contributed by atoms with Crippen molar-refractivity contribution in [2.75, 3.05) is 0 Å². The number of aryl methyl sites for hydroxylation is 1. The summed E-state index contributed by atoms with van der Waals surface area (Å²) in [6.07, 6.45) is 10.1. The fourth-order valence-corrected chi connectivity index (χ4v) is 3.57. The molecule has 0 amide bonds. The third kappa shape index (κ3) is 4.06. The van der Waals surface area contributed by atoms with Crippen molar-refractivity contribution in [3.05, 3.63) is 29.6 Å². The predicted molar refractivity (Wildman–Crippen MR) is 90.3 cm³/mol. The van der Waals surface area contributed by atoms with Gasteiger partial charge >= 0.3 is 0 Å². The van der Waals surface area contributed by atoms with Gasteiger partial charge in [-0.2, -0.15) is 0 Å². The van der Waals surface area contributed by atoms with E-state index in [1.165, 1.54) is 24.8 Å². The Hall–Kier alpha value is -0.890. The predicted octanol–water partition coefficient (Wildman–Crippen LogP) is 4.51. The Morgan fingerprint density at radius 3 is 2.38 bits per heavy atom. The van der Waals surface area contributed by atoms with E-state index < -0.39 is 0 Å². The van der Waals surface area contributed by atoms with Crippen LogP contribution in [0.3, 0.4) is 0 Å². The second-order valence-corrected chi connectivity index (χ2v) is 7.67. The first-order valence-corrected chi connectivity index (χ1v) is 8.61. The molecular formula is C19H32N2. The van der Waals surface area contributed by atoms with Gasteiger partial charge in [0.25, 0.3) is 0 Å². The molecule has 0 atom stereocenters. The van der Waals surface area contributed by atoms with Crippen LogP contribution in [0.2, 0.25) is 0 Å². The summed E-state index contributed by atoms with van der Waals surface area (Å²) in [5, 5.41) is 0. The lowest BCUT2D eigenvalue weighted by molar-refractivity contribution is 0.115. The maximum atomic E-state index is 6.67. The van der Waals surface area contributed by atoms with E-state index in [2.05, 4.69) is 44.8 Å². The molecule has 118 valence electrons. The summed E-state index contributed by atoms with van der Waals surface area (Å²) in [7, 11) is 0. The van der Waals surface area contributed by atoms with E-state index in [1.807, 2.05) is 6.20 Å². The highest BCUT2D eigenvalue weighted by Crippen LogP contribution is 2.43. The summed E-state index contributed by atoms with van der Waals surface area (Å²) in [5.74, 6) is 0.828. The molecule has 1 heterocycles. The maximum Gasteiger partial charge on any atom is 0.0422 e. The first-order chi connectivity index (χ1) is 9.88. The molecule has 21 heavy (non-hydrogen) atoms.